The maximum atomic E-state index is 9.31. The molecule has 1 aromatic carbocycles. The average molecular weight is 228 g/mol. The molecule has 1 aliphatic rings. The van der Waals surface area contributed by atoms with Crippen LogP contribution in [-0.4, -0.2) is 24.3 Å². The van der Waals surface area contributed by atoms with Gasteiger partial charge in [0.05, 0.1) is 5.02 Å². The van der Waals surface area contributed by atoms with Crippen LogP contribution in [-0.2, 0) is 0 Å². The van der Waals surface area contributed by atoms with Crippen molar-refractivity contribution in [3.8, 4) is 11.5 Å². The van der Waals surface area contributed by atoms with Gasteiger partial charge in [-0.1, -0.05) is 11.6 Å². The molecular weight excluding hydrogens is 214 g/mol. The summed E-state index contributed by atoms with van der Waals surface area (Å²) in [5, 5.41) is 13.1. The van der Waals surface area contributed by atoms with E-state index >= 15 is 0 Å². The molecule has 1 heterocycles. The van der Waals surface area contributed by atoms with Gasteiger partial charge < -0.3 is 15.2 Å². The van der Waals surface area contributed by atoms with Crippen LogP contribution in [0.2, 0.25) is 5.02 Å². The smallest absolute Gasteiger partial charge is 0.142 e. The molecule has 1 saturated heterocycles. The Labute approximate surface area is 94.0 Å². The molecule has 1 fully saturated rings. The molecule has 0 saturated carbocycles. The molecule has 2 N–H and O–H groups in total. The van der Waals surface area contributed by atoms with E-state index in [4.69, 9.17) is 16.3 Å². The van der Waals surface area contributed by atoms with Crippen molar-refractivity contribution in [2.75, 3.05) is 13.1 Å². The van der Waals surface area contributed by atoms with E-state index in [0.29, 0.717) is 10.8 Å². The third kappa shape index (κ3) is 2.76. The summed E-state index contributed by atoms with van der Waals surface area (Å²) in [6.07, 6.45) is 2.29. The fourth-order valence-corrected chi connectivity index (χ4v) is 1.84. The summed E-state index contributed by atoms with van der Waals surface area (Å²) in [7, 11) is 0. The molecule has 0 spiro atoms. The quantitative estimate of drug-likeness (QED) is 0.814. The van der Waals surface area contributed by atoms with Crippen LogP contribution in [0, 0.1) is 0 Å². The van der Waals surface area contributed by atoms with Crippen LogP contribution in [0.5, 0.6) is 11.5 Å². The van der Waals surface area contributed by atoms with E-state index in [1.54, 1.807) is 18.2 Å². The Hall–Kier alpha value is -0.930. The third-order valence-electron chi connectivity index (χ3n) is 2.46. The fraction of sp³-hybridized carbons (Fsp3) is 0.455. The molecule has 82 valence electrons. The molecule has 0 aliphatic carbocycles. The van der Waals surface area contributed by atoms with Crippen molar-refractivity contribution in [3.63, 3.8) is 0 Å². The number of hydrogen-bond acceptors (Lipinski definition) is 3. The first-order valence-corrected chi connectivity index (χ1v) is 5.49. The topological polar surface area (TPSA) is 41.5 Å². The zero-order chi connectivity index (χ0) is 10.7. The number of nitrogens with one attached hydrogen (secondary N) is 1. The lowest BCUT2D eigenvalue weighted by atomic mass is 10.1. The Morgan fingerprint density at radius 1 is 1.47 bits per heavy atom. The summed E-state index contributed by atoms with van der Waals surface area (Å²) in [5.74, 6) is 0.739. The minimum atomic E-state index is 0.151. The number of benzene rings is 1. The van der Waals surface area contributed by atoms with E-state index in [1.807, 2.05) is 0 Å². The molecule has 1 aliphatic heterocycles. The molecule has 0 radical (unpaired) electrons. The molecular formula is C11H14ClNO2. The molecule has 15 heavy (non-hydrogen) atoms. The minimum Gasteiger partial charge on any atom is -0.508 e. The van der Waals surface area contributed by atoms with Gasteiger partial charge in [-0.05, 0) is 31.5 Å². The van der Waals surface area contributed by atoms with Gasteiger partial charge in [-0.2, -0.15) is 0 Å². The zero-order valence-corrected chi connectivity index (χ0v) is 9.13. The van der Waals surface area contributed by atoms with Crippen molar-refractivity contribution in [1.29, 1.82) is 0 Å². The van der Waals surface area contributed by atoms with Gasteiger partial charge in [0, 0.05) is 12.6 Å². The fourth-order valence-electron chi connectivity index (χ4n) is 1.68. The van der Waals surface area contributed by atoms with Crippen molar-refractivity contribution in [3.05, 3.63) is 23.2 Å². The highest BCUT2D eigenvalue weighted by atomic mass is 35.5. The van der Waals surface area contributed by atoms with Crippen LogP contribution in [0.1, 0.15) is 12.8 Å². The van der Waals surface area contributed by atoms with Gasteiger partial charge in [0.15, 0.2) is 0 Å². The molecule has 4 heteroatoms. The minimum absolute atomic E-state index is 0.151. The predicted octanol–water partition coefficient (Wildman–Crippen LogP) is 2.18. The number of piperidine rings is 1. The summed E-state index contributed by atoms with van der Waals surface area (Å²) < 4.78 is 5.71. The van der Waals surface area contributed by atoms with E-state index < -0.39 is 0 Å². The highest BCUT2D eigenvalue weighted by Crippen LogP contribution is 2.29. The van der Waals surface area contributed by atoms with Gasteiger partial charge in [0.2, 0.25) is 0 Å². The molecule has 3 nitrogen and oxygen atoms in total. The summed E-state index contributed by atoms with van der Waals surface area (Å²) in [6.45, 7) is 1.89. The van der Waals surface area contributed by atoms with E-state index in [2.05, 4.69) is 5.32 Å². The third-order valence-corrected chi connectivity index (χ3v) is 2.77. The van der Waals surface area contributed by atoms with Crippen LogP contribution in [0.4, 0.5) is 0 Å². The summed E-state index contributed by atoms with van der Waals surface area (Å²) in [4.78, 5) is 0. The molecule has 0 aromatic heterocycles. The standard InChI is InChI=1S/C11H14ClNO2/c12-10-4-3-8(14)6-11(10)15-9-2-1-5-13-7-9/h3-4,6,9,13-14H,1-2,5,7H2. The highest BCUT2D eigenvalue weighted by molar-refractivity contribution is 6.32. The number of ether oxygens (including phenoxy) is 1. The van der Waals surface area contributed by atoms with Crippen molar-refractivity contribution in [2.24, 2.45) is 0 Å². The van der Waals surface area contributed by atoms with Crippen molar-refractivity contribution in [2.45, 2.75) is 18.9 Å². The molecule has 0 bridgehead atoms. The Bertz CT molecular complexity index is 337. The maximum absolute atomic E-state index is 9.31. The summed E-state index contributed by atoms with van der Waals surface area (Å²) in [6, 6.07) is 4.74. The lowest BCUT2D eigenvalue weighted by Gasteiger charge is -2.24. The van der Waals surface area contributed by atoms with Crippen molar-refractivity contribution >= 4 is 11.6 Å². The van der Waals surface area contributed by atoms with Crippen molar-refractivity contribution < 1.29 is 9.84 Å². The van der Waals surface area contributed by atoms with Gasteiger partial charge >= 0.3 is 0 Å². The number of halogens is 1. The van der Waals surface area contributed by atoms with E-state index in [1.165, 1.54) is 0 Å². The normalized spacial score (nSPS) is 21.3. The van der Waals surface area contributed by atoms with Gasteiger partial charge in [-0.3, -0.25) is 0 Å². The lowest BCUT2D eigenvalue weighted by Crippen LogP contribution is -2.37. The molecule has 1 unspecified atom stereocenters. The van der Waals surface area contributed by atoms with Crippen LogP contribution >= 0.6 is 11.6 Å². The second kappa shape index (κ2) is 4.73. The molecule has 0 amide bonds. The number of aromatic hydroxyl groups is 1. The first kappa shape index (κ1) is 10.6. The first-order valence-electron chi connectivity index (χ1n) is 5.11. The van der Waals surface area contributed by atoms with Gasteiger partial charge in [-0.15, -0.1) is 0 Å². The SMILES string of the molecule is Oc1ccc(Cl)c(OC2CCCNC2)c1. The van der Waals surface area contributed by atoms with Gasteiger partial charge in [0.1, 0.15) is 17.6 Å². The highest BCUT2D eigenvalue weighted by Gasteiger charge is 2.15. The Kier molecular flexibility index (Phi) is 3.34. The number of phenolic OH excluding ortho intramolecular Hbond substituents is 1. The predicted molar refractivity (Wildman–Crippen MR) is 59.6 cm³/mol. The monoisotopic (exact) mass is 227 g/mol. The Morgan fingerprint density at radius 3 is 3.07 bits per heavy atom. The zero-order valence-electron chi connectivity index (χ0n) is 8.37. The second-order valence-electron chi connectivity index (χ2n) is 3.70. The van der Waals surface area contributed by atoms with Crippen molar-refractivity contribution in [1.82, 2.24) is 5.32 Å². The van der Waals surface area contributed by atoms with Crippen LogP contribution in [0.25, 0.3) is 0 Å². The van der Waals surface area contributed by atoms with Crippen LogP contribution in [0.3, 0.4) is 0 Å². The first-order chi connectivity index (χ1) is 7.25. The largest absolute Gasteiger partial charge is 0.508 e. The summed E-state index contributed by atoms with van der Waals surface area (Å²) in [5.41, 5.74) is 0. The van der Waals surface area contributed by atoms with E-state index in [0.717, 1.165) is 25.9 Å². The van der Waals surface area contributed by atoms with E-state index in [9.17, 15) is 5.11 Å². The van der Waals surface area contributed by atoms with Gasteiger partial charge in [-0.25, -0.2) is 0 Å². The Balaban J connectivity index is 2.05. The van der Waals surface area contributed by atoms with E-state index in [-0.39, 0.29) is 11.9 Å². The van der Waals surface area contributed by atoms with Crippen LogP contribution < -0.4 is 10.1 Å². The summed E-state index contributed by atoms with van der Waals surface area (Å²) >= 11 is 5.96. The number of hydrogen-bond donors (Lipinski definition) is 2. The van der Waals surface area contributed by atoms with Crippen LogP contribution in [0.15, 0.2) is 18.2 Å². The maximum Gasteiger partial charge on any atom is 0.142 e. The average Bonchev–Trinajstić information content (AvgIpc) is 2.25. The molecule has 1 atom stereocenters. The molecule has 2 rings (SSSR count). The van der Waals surface area contributed by atoms with Gasteiger partial charge in [0.25, 0.3) is 0 Å². The second-order valence-corrected chi connectivity index (χ2v) is 4.11. The Morgan fingerprint density at radius 2 is 2.33 bits per heavy atom. The lowest BCUT2D eigenvalue weighted by molar-refractivity contribution is 0.167. The number of phenols is 1. The number of rotatable bonds is 2. The molecule has 1 aromatic rings.